The fourth-order valence-corrected chi connectivity index (χ4v) is 3.33. The molecule has 3 rings (SSSR count). The van der Waals surface area contributed by atoms with Crippen LogP contribution >= 0.6 is 27.3 Å². The SMILES string of the molecule is O=C(Cc1cccc(Br)c1)Nc1sccc1C(=O)NC1CC1. The molecule has 0 unspecified atom stereocenters. The fourth-order valence-electron chi connectivity index (χ4n) is 2.08. The molecule has 2 amide bonds. The first-order chi connectivity index (χ1) is 10.6. The van der Waals surface area contributed by atoms with E-state index < -0.39 is 0 Å². The summed E-state index contributed by atoms with van der Waals surface area (Å²) in [6.07, 6.45) is 2.36. The fraction of sp³-hybridized carbons (Fsp3) is 0.250. The quantitative estimate of drug-likeness (QED) is 0.834. The number of nitrogens with one attached hydrogen (secondary N) is 2. The van der Waals surface area contributed by atoms with Crippen molar-refractivity contribution in [2.24, 2.45) is 0 Å². The second-order valence-corrected chi connectivity index (χ2v) is 7.10. The molecule has 1 saturated carbocycles. The third-order valence-electron chi connectivity index (χ3n) is 3.33. The Morgan fingerprint density at radius 2 is 2.09 bits per heavy atom. The predicted octanol–water partition coefficient (Wildman–Crippen LogP) is 3.58. The zero-order valence-electron chi connectivity index (χ0n) is 11.8. The van der Waals surface area contributed by atoms with Gasteiger partial charge in [-0.3, -0.25) is 9.59 Å². The zero-order chi connectivity index (χ0) is 15.5. The molecule has 0 atom stereocenters. The van der Waals surface area contributed by atoms with Crippen molar-refractivity contribution in [3.63, 3.8) is 0 Å². The van der Waals surface area contributed by atoms with Crippen molar-refractivity contribution in [3.8, 4) is 0 Å². The molecule has 1 fully saturated rings. The van der Waals surface area contributed by atoms with Crippen LogP contribution in [0.3, 0.4) is 0 Å². The van der Waals surface area contributed by atoms with E-state index in [4.69, 9.17) is 0 Å². The number of halogens is 1. The van der Waals surface area contributed by atoms with Crippen LogP contribution in [0.4, 0.5) is 5.00 Å². The van der Waals surface area contributed by atoms with E-state index in [1.807, 2.05) is 29.6 Å². The largest absolute Gasteiger partial charge is 0.349 e. The Kier molecular flexibility index (Phi) is 4.59. The van der Waals surface area contributed by atoms with E-state index in [-0.39, 0.29) is 18.2 Å². The van der Waals surface area contributed by atoms with Crippen LogP contribution in [-0.2, 0) is 11.2 Å². The third-order valence-corrected chi connectivity index (χ3v) is 4.65. The number of benzene rings is 1. The summed E-state index contributed by atoms with van der Waals surface area (Å²) in [5, 5.41) is 8.20. The Morgan fingerprint density at radius 1 is 1.27 bits per heavy atom. The molecule has 0 bridgehead atoms. The van der Waals surface area contributed by atoms with E-state index in [0.717, 1.165) is 22.9 Å². The van der Waals surface area contributed by atoms with Crippen LogP contribution in [0, 0.1) is 0 Å². The molecule has 1 aromatic heterocycles. The second-order valence-electron chi connectivity index (χ2n) is 5.27. The lowest BCUT2D eigenvalue weighted by Gasteiger charge is -2.07. The lowest BCUT2D eigenvalue weighted by atomic mass is 10.1. The zero-order valence-corrected chi connectivity index (χ0v) is 14.2. The standard InChI is InChI=1S/C16H15BrN2O2S/c17-11-3-1-2-10(8-11)9-14(20)19-16-13(6-7-22-16)15(21)18-12-4-5-12/h1-3,6-8,12H,4-5,9H2,(H,18,21)(H,19,20). The van der Waals surface area contributed by atoms with Crippen molar-refractivity contribution < 1.29 is 9.59 Å². The molecule has 1 aliphatic rings. The van der Waals surface area contributed by atoms with Gasteiger partial charge in [-0.15, -0.1) is 11.3 Å². The molecular weight excluding hydrogens is 364 g/mol. The van der Waals surface area contributed by atoms with Gasteiger partial charge in [0.1, 0.15) is 5.00 Å². The van der Waals surface area contributed by atoms with E-state index in [9.17, 15) is 9.59 Å². The molecule has 4 nitrogen and oxygen atoms in total. The van der Waals surface area contributed by atoms with Crippen LogP contribution in [0.5, 0.6) is 0 Å². The van der Waals surface area contributed by atoms with Gasteiger partial charge in [-0.05, 0) is 42.0 Å². The molecule has 0 aliphatic heterocycles. The van der Waals surface area contributed by atoms with Gasteiger partial charge < -0.3 is 10.6 Å². The van der Waals surface area contributed by atoms with E-state index in [1.165, 1.54) is 11.3 Å². The first kappa shape index (κ1) is 15.2. The van der Waals surface area contributed by atoms with Gasteiger partial charge in [-0.1, -0.05) is 28.1 Å². The Bertz CT molecular complexity index is 710. The lowest BCUT2D eigenvalue weighted by Crippen LogP contribution is -2.26. The maximum atomic E-state index is 12.1. The number of carbonyl (C=O) groups is 2. The van der Waals surface area contributed by atoms with Crippen molar-refractivity contribution in [2.75, 3.05) is 5.32 Å². The Balaban J connectivity index is 1.64. The maximum Gasteiger partial charge on any atom is 0.254 e. The molecule has 2 N–H and O–H groups in total. The number of amides is 2. The van der Waals surface area contributed by atoms with Crippen molar-refractivity contribution in [2.45, 2.75) is 25.3 Å². The Hall–Kier alpha value is -1.66. The van der Waals surface area contributed by atoms with E-state index in [0.29, 0.717) is 16.6 Å². The van der Waals surface area contributed by atoms with Gasteiger partial charge in [0.15, 0.2) is 0 Å². The molecule has 22 heavy (non-hydrogen) atoms. The summed E-state index contributed by atoms with van der Waals surface area (Å²) in [6.45, 7) is 0. The molecule has 6 heteroatoms. The number of hydrogen-bond acceptors (Lipinski definition) is 3. The van der Waals surface area contributed by atoms with Crippen molar-refractivity contribution >= 4 is 44.1 Å². The van der Waals surface area contributed by atoms with Crippen LogP contribution in [-0.4, -0.2) is 17.9 Å². The molecular formula is C16H15BrN2O2S. The summed E-state index contributed by atoms with van der Waals surface area (Å²) in [6, 6.07) is 9.68. The highest BCUT2D eigenvalue weighted by atomic mass is 79.9. The average molecular weight is 379 g/mol. The van der Waals surface area contributed by atoms with Crippen LogP contribution in [0.25, 0.3) is 0 Å². The number of rotatable bonds is 5. The van der Waals surface area contributed by atoms with E-state index in [1.54, 1.807) is 6.07 Å². The normalized spacial score (nSPS) is 13.7. The summed E-state index contributed by atoms with van der Waals surface area (Å²) in [5.41, 5.74) is 1.46. The molecule has 0 radical (unpaired) electrons. The minimum atomic E-state index is -0.124. The van der Waals surface area contributed by atoms with Crippen LogP contribution in [0.1, 0.15) is 28.8 Å². The highest BCUT2D eigenvalue weighted by Gasteiger charge is 2.25. The van der Waals surface area contributed by atoms with Gasteiger partial charge in [0, 0.05) is 10.5 Å². The first-order valence-electron chi connectivity index (χ1n) is 7.04. The second kappa shape index (κ2) is 6.62. The van der Waals surface area contributed by atoms with Crippen molar-refractivity contribution in [1.82, 2.24) is 5.32 Å². The van der Waals surface area contributed by atoms with Gasteiger partial charge in [0.2, 0.25) is 5.91 Å². The summed E-state index contributed by atoms with van der Waals surface area (Å²) < 4.78 is 0.943. The molecule has 114 valence electrons. The molecule has 1 aliphatic carbocycles. The summed E-state index contributed by atoms with van der Waals surface area (Å²) in [5.74, 6) is -0.234. The highest BCUT2D eigenvalue weighted by Crippen LogP contribution is 2.26. The average Bonchev–Trinajstić information content (AvgIpc) is 3.15. The Morgan fingerprint density at radius 3 is 2.82 bits per heavy atom. The molecule has 1 heterocycles. The number of hydrogen-bond donors (Lipinski definition) is 2. The van der Waals surface area contributed by atoms with E-state index in [2.05, 4.69) is 26.6 Å². The van der Waals surface area contributed by atoms with Gasteiger partial charge in [0.05, 0.1) is 12.0 Å². The smallest absolute Gasteiger partial charge is 0.254 e. The summed E-state index contributed by atoms with van der Waals surface area (Å²) in [4.78, 5) is 24.2. The maximum absolute atomic E-state index is 12.1. The van der Waals surface area contributed by atoms with Crippen LogP contribution in [0.2, 0.25) is 0 Å². The third kappa shape index (κ3) is 3.96. The van der Waals surface area contributed by atoms with E-state index >= 15 is 0 Å². The van der Waals surface area contributed by atoms with Gasteiger partial charge >= 0.3 is 0 Å². The topological polar surface area (TPSA) is 58.2 Å². The molecule has 1 aromatic carbocycles. The van der Waals surface area contributed by atoms with Crippen molar-refractivity contribution in [1.29, 1.82) is 0 Å². The Labute approximate surface area is 141 Å². The molecule has 0 spiro atoms. The molecule has 0 saturated heterocycles. The summed E-state index contributed by atoms with van der Waals surface area (Å²) in [7, 11) is 0. The highest BCUT2D eigenvalue weighted by molar-refractivity contribution is 9.10. The van der Waals surface area contributed by atoms with Crippen LogP contribution in [0.15, 0.2) is 40.2 Å². The van der Waals surface area contributed by atoms with Crippen LogP contribution < -0.4 is 10.6 Å². The first-order valence-corrected chi connectivity index (χ1v) is 8.72. The minimum Gasteiger partial charge on any atom is -0.349 e. The predicted molar refractivity (Wildman–Crippen MR) is 91.3 cm³/mol. The summed E-state index contributed by atoms with van der Waals surface area (Å²) >= 11 is 4.75. The molecule has 2 aromatic rings. The number of anilines is 1. The minimum absolute atomic E-state index is 0.110. The van der Waals surface area contributed by atoms with Gasteiger partial charge in [-0.2, -0.15) is 0 Å². The van der Waals surface area contributed by atoms with Crippen molar-refractivity contribution in [3.05, 3.63) is 51.3 Å². The number of thiophene rings is 1. The van der Waals surface area contributed by atoms with Gasteiger partial charge in [0.25, 0.3) is 5.91 Å². The van der Waals surface area contributed by atoms with Gasteiger partial charge in [-0.25, -0.2) is 0 Å². The number of carbonyl (C=O) groups excluding carboxylic acids is 2. The lowest BCUT2D eigenvalue weighted by molar-refractivity contribution is -0.115. The monoisotopic (exact) mass is 378 g/mol.